The number of thiophene rings is 1. The Hall–Kier alpha value is -2.67. The van der Waals surface area contributed by atoms with Crippen molar-refractivity contribution in [1.29, 1.82) is 0 Å². The highest BCUT2D eigenvalue weighted by molar-refractivity contribution is 7.10. The molecule has 0 aliphatic rings. The van der Waals surface area contributed by atoms with Gasteiger partial charge in [-0.1, -0.05) is 6.07 Å². The van der Waals surface area contributed by atoms with E-state index in [0.717, 1.165) is 23.9 Å². The smallest absolute Gasteiger partial charge is 0.191 e. The van der Waals surface area contributed by atoms with E-state index in [1.54, 1.807) is 30.9 Å². The number of aryl methyl sites for hydroxylation is 1. The quantitative estimate of drug-likeness (QED) is 0.553. The summed E-state index contributed by atoms with van der Waals surface area (Å²) in [5.74, 6) is 1.63. The number of nitrogens with one attached hydrogen (secondary N) is 2. The van der Waals surface area contributed by atoms with Crippen molar-refractivity contribution in [3.63, 3.8) is 0 Å². The number of hydrogen-bond acceptors (Lipinski definition) is 4. The van der Waals surface area contributed by atoms with Crippen molar-refractivity contribution in [2.45, 2.75) is 20.0 Å². The van der Waals surface area contributed by atoms with Gasteiger partial charge in [-0.25, -0.2) is 9.97 Å². The number of hydrogen-bond donors (Lipinski definition) is 2. The molecule has 0 unspecified atom stereocenters. The van der Waals surface area contributed by atoms with Crippen molar-refractivity contribution < 1.29 is 0 Å². The zero-order valence-electron chi connectivity index (χ0n) is 13.7. The molecular weight excluding hydrogens is 320 g/mol. The Morgan fingerprint density at radius 3 is 2.75 bits per heavy atom. The van der Waals surface area contributed by atoms with Crippen molar-refractivity contribution in [3.8, 4) is 5.82 Å². The van der Waals surface area contributed by atoms with Crippen molar-refractivity contribution in [3.05, 3.63) is 64.5 Å². The van der Waals surface area contributed by atoms with Crippen LogP contribution < -0.4 is 10.6 Å². The summed E-state index contributed by atoms with van der Waals surface area (Å²) in [6.07, 6.45) is 7.21. The summed E-state index contributed by atoms with van der Waals surface area (Å²) in [6.45, 7) is 3.57. The second-order valence-electron chi connectivity index (χ2n) is 5.30. The molecule has 7 heteroatoms. The molecule has 0 aliphatic heterocycles. The number of aliphatic imine (C=N–C) groups is 1. The molecule has 0 bridgehead atoms. The second kappa shape index (κ2) is 7.74. The SMILES string of the molecule is CN=C(NCc1ccc(-n2ccnc2)nc1)NCc1sccc1C. The minimum absolute atomic E-state index is 0.667. The maximum atomic E-state index is 4.45. The van der Waals surface area contributed by atoms with Crippen LogP contribution in [0.1, 0.15) is 16.0 Å². The maximum Gasteiger partial charge on any atom is 0.191 e. The fourth-order valence-corrected chi connectivity index (χ4v) is 3.07. The predicted octanol–water partition coefficient (Wildman–Crippen LogP) is 2.50. The molecule has 2 N–H and O–H groups in total. The van der Waals surface area contributed by atoms with Gasteiger partial charge >= 0.3 is 0 Å². The van der Waals surface area contributed by atoms with E-state index < -0.39 is 0 Å². The van der Waals surface area contributed by atoms with Gasteiger partial charge in [-0.3, -0.25) is 9.56 Å². The van der Waals surface area contributed by atoms with Crippen molar-refractivity contribution in [2.75, 3.05) is 7.05 Å². The first kappa shape index (κ1) is 16.2. The molecule has 3 aromatic rings. The van der Waals surface area contributed by atoms with Crippen LogP contribution in [0.15, 0.2) is 53.5 Å². The Balaban J connectivity index is 1.53. The lowest BCUT2D eigenvalue weighted by molar-refractivity contribution is 0.809. The first-order valence-electron chi connectivity index (χ1n) is 7.67. The highest BCUT2D eigenvalue weighted by Crippen LogP contribution is 2.14. The summed E-state index contributed by atoms with van der Waals surface area (Å²) in [7, 11) is 1.77. The lowest BCUT2D eigenvalue weighted by Crippen LogP contribution is -2.36. The fraction of sp³-hybridized carbons (Fsp3) is 0.235. The largest absolute Gasteiger partial charge is 0.352 e. The summed E-state index contributed by atoms with van der Waals surface area (Å²) < 4.78 is 1.88. The van der Waals surface area contributed by atoms with Crippen LogP contribution in [0.4, 0.5) is 0 Å². The third-order valence-corrected chi connectivity index (χ3v) is 4.67. The molecular formula is C17H20N6S. The maximum absolute atomic E-state index is 4.45. The van der Waals surface area contributed by atoms with Gasteiger partial charge in [-0.2, -0.15) is 0 Å². The van der Waals surface area contributed by atoms with Crippen LogP contribution in [-0.2, 0) is 13.1 Å². The second-order valence-corrected chi connectivity index (χ2v) is 6.30. The number of rotatable bonds is 5. The van der Waals surface area contributed by atoms with Crippen LogP contribution in [0.3, 0.4) is 0 Å². The van der Waals surface area contributed by atoms with Gasteiger partial charge in [-0.05, 0) is 35.6 Å². The lowest BCUT2D eigenvalue weighted by atomic mass is 10.3. The molecule has 3 rings (SSSR count). The van der Waals surface area contributed by atoms with Crippen LogP contribution in [-0.4, -0.2) is 27.5 Å². The van der Waals surface area contributed by atoms with Crippen LogP contribution in [0.2, 0.25) is 0 Å². The van der Waals surface area contributed by atoms with Crippen molar-refractivity contribution in [2.24, 2.45) is 4.99 Å². The van der Waals surface area contributed by atoms with Gasteiger partial charge in [0.15, 0.2) is 5.96 Å². The Morgan fingerprint density at radius 2 is 2.12 bits per heavy atom. The predicted molar refractivity (Wildman–Crippen MR) is 97.5 cm³/mol. The van der Waals surface area contributed by atoms with Crippen LogP contribution in [0.25, 0.3) is 5.82 Å². The molecule has 0 spiro atoms. The van der Waals surface area contributed by atoms with Gasteiger partial charge in [0.2, 0.25) is 0 Å². The molecule has 3 aromatic heterocycles. The van der Waals surface area contributed by atoms with Gasteiger partial charge in [-0.15, -0.1) is 11.3 Å². The van der Waals surface area contributed by atoms with E-state index in [2.05, 4.69) is 44.0 Å². The highest BCUT2D eigenvalue weighted by Gasteiger charge is 2.03. The van der Waals surface area contributed by atoms with Gasteiger partial charge in [0.05, 0.1) is 6.54 Å². The standard InChI is InChI=1S/C17H20N6S/c1-13-5-8-24-15(13)11-22-17(18-2)21-10-14-3-4-16(20-9-14)23-7-6-19-12-23/h3-9,12H,10-11H2,1-2H3,(H2,18,21,22). The molecule has 0 radical (unpaired) electrons. The fourth-order valence-electron chi connectivity index (χ4n) is 2.22. The number of guanidine groups is 1. The number of aromatic nitrogens is 3. The van der Waals surface area contributed by atoms with Gasteiger partial charge < -0.3 is 10.6 Å². The number of nitrogens with zero attached hydrogens (tertiary/aromatic N) is 4. The zero-order chi connectivity index (χ0) is 16.8. The Morgan fingerprint density at radius 1 is 1.25 bits per heavy atom. The minimum atomic E-state index is 0.667. The van der Waals surface area contributed by atoms with Crippen LogP contribution >= 0.6 is 11.3 Å². The molecule has 0 amide bonds. The Bertz CT molecular complexity index is 789. The summed E-state index contributed by atoms with van der Waals surface area (Å²) in [5.41, 5.74) is 2.40. The van der Waals surface area contributed by atoms with Gasteiger partial charge in [0, 0.05) is 37.1 Å². The molecule has 0 aliphatic carbocycles. The molecule has 24 heavy (non-hydrogen) atoms. The van der Waals surface area contributed by atoms with Crippen molar-refractivity contribution >= 4 is 17.3 Å². The van der Waals surface area contributed by atoms with E-state index in [9.17, 15) is 0 Å². The average molecular weight is 340 g/mol. The van der Waals surface area contributed by atoms with E-state index >= 15 is 0 Å². The van der Waals surface area contributed by atoms with Gasteiger partial charge in [0.1, 0.15) is 12.1 Å². The van der Waals surface area contributed by atoms with Crippen LogP contribution in [0.5, 0.6) is 0 Å². The minimum Gasteiger partial charge on any atom is -0.352 e. The normalized spacial score (nSPS) is 11.5. The summed E-state index contributed by atoms with van der Waals surface area (Å²) in [5, 5.41) is 8.75. The highest BCUT2D eigenvalue weighted by atomic mass is 32.1. The van der Waals surface area contributed by atoms with Gasteiger partial charge in [0.25, 0.3) is 0 Å². The topological polar surface area (TPSA) is 67.1 Å². The summed E-state index contributed by atoms with van der Waals surface area (Å²) >= 11 is 1.75. The monoisotopic (exact) mass is 340 g/mol. The third-order valence-electron chi connectivity index (χ3n) is 3.65. The van der Waals surface area contributed by atoms with E-state index in [1.165, 1.54) is 10.4 Å². The number of imidazole rings is 1. The van der Waals surface area contributed by atoms with E-state index in [4.69, 9.17) is 0 Å². The lowest BCUT2D eigenvalue weighted by Gasteiger charge is -2.12. The van der Waals surface area contributed by atoms with E-state index in [-0.39, 0.29) is 0 Å². The molecule has 0 fully saturated rings. The molecule has 0 saturated heterocycles. The summed E-state index contributed by atoms with van der Waals surface area (Å²) in [6, 6.07) is 6.15. The molecule has 124 valence electrons. The summed E-state index contributed by atoms with van der Waals surface area (Å²) in [4.78, 5) is 14.1. The molecule has 3 heterocycles. The number of pyridine rings is 1. The third kappa shape index (κ3) is 3.99. The molecule has 0 saturated carbocycles. The molecule has 0 aromatic carbocycles. The van der Waals surface area contributed by atoms with Crippen molar-refractivity contribution in [1.82, 2.24) is 25.2 Å². The zero-order valence-corrected chi connectivity index (χ0v) is 14.5. The Kier molecular flexibility index (Phi) is 5.22. The van der Waals surface area contributed by atoms with E-state index in [1.807, 2.05) is 29.1 Å². The average Bonchev–Trinajstić information content (AvgIpc) is 3.28. The Labute approximate surface area is 145 Å². The van der Waals surface area contributed by atoms with Crippen LogP contribution in [0, 0.1) is 6.92 Å². The first-order valence-corrected chi connectivity index (χ1v) is 8.55. The first-order chi connectivity index (χ1) is 11.8. The molecule has 6 nitrogen and oxygen atoms in total. The van der Waals surface area contributed by atoms with E-state index in [0.29, 0.717) is 6.54 Å². The molecule has 0 atom stereocenters.